The minimum Gasteiger partial charge on any atom is -0.457 e. The van der Waals surface area contributed by atoms with E-state index >= 15 is 4.39 Å². The van der Waals surface area contributed by atoms with Gasteiger partial charge in [-0.3, -0.25) is 9.69 Å². The van der Waals surface area contributed by atoms with Crippen LogP contribution in [0.4, 0.5) is 9.18 Å². The number of fused-ring (bicyclic) bond motifs is 3. The SMILES string of the molecule is CC(C)(C)OC(=O)N1[C@@H]2CC[C@@H](C2)[C@H]1C(=O)NC(C#N)Cc1ccc(-c2ccc3c(c2)COC3=O)cc1F. The third-order valence-electron chi connectivity index (χ3n) is 7.42. The fraction of sp³-hybridized carbons (Fsp3) is 0.448. The molecule has 2 heterocycles. The summed E-state index contributed by atoms with van der Waals surface area (Å²) in [4.78, 5) is 39.3. The summed E-state index contributed by atoms with van der Waals surface area (Å²) >= 11 is 0. The van der Waals surface area contributed by atoms with E-state index < -0.39 is 35.5 Å². The van der Waals surface area contributed by atoms with Gasteiger partial charge in [-0.1, -0.05) is 18.2 Å². The molecule has 5 rings (SSSR count). The number of rotatable bonds is 5. The molecule has 8 nitrogen and oxygen atoms in total. The van der Waals surface area contributed by atoms with E-state index in [-0.39, 0.29) is 36.5 Å². The molecule has 1 saturated carbocycles. The van der Waals surface area contributed by atoms with Crippen molar-refractivity contribution in [3.8, 4) is 17.2 Å². The largest absolute Gasteiger partial charge is 0.457 e. The summed E-state index contributed by atoms with van der Waals surface area (Å²) in [5.41, 5.74) is 2.24. The van der Waals surface area contributed by atoms with Crippen molar-refractivity contribution < 1.29 is 28.2 Å². The number of nitrogens with zero attached hydrogens (tertiary/aromatic N) is 2. The molecule has 2 fully saturated rings. The van der Waals surface area contributed by atoms with Crippen LogP contribution in [0.2, 0.25) is 0 Å². The van der Waals surface area contributed by atoms with Crippen molar-refractivity contribution in [3.63, 3.8) is 0 Å². The molecule has 2 aromatic rings. The summed E-state index contributed by atoms with van der Waals surface area (Å²) in [5, 5.41) is 12.5. The number of hydrogen-bond acceptors (Lipinski definition) is 6. The number of hydrogen-bond donors (Lipinski definition) is 1. The molecule has 1 aliphatic carbocycles. The fourth-order valence-corrected chi connectivity index (χ4v) is 5.71. The van der Waals surface area contributed by atoms with Gasteiger partial charge in [-0.25, -0.2) is 14.0 Å². The van der Waals surface area contributed by atoms with Gasteiger partial charge >= 0.3 is 12.1 Å². The number of esters is 1. The van der Waals surface area contributed by atoms with Crippen molar-refractivity contribution in [2.45, 2.75) is 76.8 Å². The van der Waals surface area contributed by atoms with Crippen LogP contribution < -0.4 is 5.32 Å². The van der Waals surface area contributed by atoms with Crippen molar-refractivity contribution in [2.75, 3.05) is 0 Å². The third kappa shape index (κ3) is 4.95. The lowest BCUT2D eigenvalue weighted by atomic mass is 9.96. The van der Waals surface area contributed by atoms with Crippen LogP contribution in [-0.4, -0.2) is 46.6 Å². The molecule has 4 atom stereocenters. The van der Waals surface area contributed by atoms with Gasteiger partial charge in [0.2, 0.25) is 5.91 Å². The highest BCUT2D eigenvalue weighted by Crippen LogP contribution is 2.43. The molecule has 2 aliphatic heterocycles. The molecule has 1 N–H and O–H groups in total. The lowest BCUT2D eigenvalue weighted by Gasteiger charge is -2.35. The zero-order chi connectivity index (χ0) is 27.2. The highest BCUT2D eigenvalue weighted by Gasteiger charge is 2.52. The van der Waals surface area contributed by atoms with Gasteiger partial charge in [0.15, 0.2) is 0 Å². The molecule has 198 valence electrons. The number of nitriles is 1. The van der Waals surface area contributed by atoms with Crippen molar-refractivity contribution in [2.24, 2.45) is 5.92 Å². The van der Waals surface area contributed by atoms with Gasteiger partial charge in [0.25, 0.3) is 0 Å². The number of piperidine rings is 1. The van der Waals surface area contributed by atoms with E-state index in [1.807, 2.05) is 0 Å². The van der Waals surface area contributed by atoms with E-state index in [4.69, 9.17) is 9.47 Å². The fourth-order valence-electron chi connectivity index (χ4n) is 5.71. The number of nitrogens with one attached hydrogen (secondary N) is 1. The maximum atomic E-state index is 15.1. The second kappa shape index (κ2) is 9.75. The topological polar surface area (TPSA) is 109 Å². The van der Waals surface area contributed by atoms with E-state index in [1.165, 1.54) is 11.0 Å². The monoisotopic (exact) mass is 519 g/mol. The number of cyclic esters (lactones) is 1. The first-order valence-corrected chi connectivity index (χ1v) is 12.8. The van der Waals surface area contributed by atoms with Crippen molar-refractivity contribution >= 4 is 18.0 Å². The average molecular weight is 520 g/mol. The van der Waals surface area contributed by atoms with Crippen LogP contribution in [0.5, 0.6) is 0 Å². The Morgan fingerprint density at radius 2 is 1.95 bits per heavy atom. The Balaban J connectivity index is 1.28. The van der Waals surface area contributed by atoms with Crippen LogP contribution in [0.25, 0.3) is 11.1 Å². The van der Waals surface area contributed by atoms with Gasteiger partial charge < -0.3 is 14.8 Å². The van der Waals surface area contributed by atoms with Crippen LogP contribution in [0.3, 0.4) is 0 Å². The average Bonchev–Trinajstić information content (AvgIpc) is 3.58. The second-order valence-electron chi connectivity index (χ2n) is 11.2. The maximum Gasteiger partial charge on any atom is 0.411 e. The zero-order valence-corrected chi connectivity index (χ0v) is 21.6. The first-order chi connectivity index (χ1) is 18.0. The highest BCUT2D eigenvalue weighted by atomic mass is 19.1. The first kappa shape index (κ1) is 25.7. The summed E-state index contributed by atoms with van der Waals surface area (Å²) in [6, 6.07) is 10.3. The quantitative estimate of drug-likeness (QED) is 0.583. The zero-order valence-electron chi connectivity index (χ0n) is 21.6. The molecule has 0 spiro atoms. The molecule has 9 heteroatoms. The molecule has 1 saturated heterocycles. The van der Waals surface area contributed by atoms with E-state index in [2.05, 4.69) is 11.4 Å². The van der Waals surface area contributed by atoms with Crippen LogP contribution >= 0.6 is 0 Å². The Bertz CT molecular complexity index is 1340. The Morgan fingerprint density at radius 3 is 2.66 bits per heavy atom. The van der Waals surface area contributed by atoms with Crippen LogP contribution in [0, 0.1) is 23.1 Å². The predicted molar refractivity (Wildman–Crippen MR) is 135 cm³/mol. The third-order valence-corrected chi connectivity index (χ3v) is 7.42. The minimum atomic E-state index is -0.967. The Morgan fingerprint density at radius 1 is 1.21 bits per heavy atom. The first-order valence-electron chi connectivity index (χ1n) is 12.8. The van der Waals surface area contributed by atoms with E-state index in [0.29, 0.717) is 11.1 Å². The number of halogens is 1. The van der Waals surface area contributed by atoms with Gasteiger partial charge in [0.1, 0.15) is 30.1 Å². The number of ether oxygens (including phenoxy) is 2. The van der Waals surface area contributed by atoms with Crippen LogP contribution in [0.1, 0.15) is 61.5 Å². The summed E-state index contributed by atoms with van der Waals surface area (Å²) in [6.45, 7) is 5.53. The Labute approximate surface area is 220 Å². The maximum absolute atomic E-state index is 15.1. The number of likely N-dealkylation sites (tertiary alicyclic amines) is 1. The van der Waals surface area contributed by atoms with Crippen molar-refractivity contribution in [1.29, 1.82) is 5.26 Å². The number of amides is 2. The minimum absolute atomic E-state index is 0.0101. The number of carbonyl (C=O) groups is 3. The number of benzene rings is 2. The van der Waals surface area contributed by atoms with Crippen LogP contribution in [-0.2, 0) is 27.3 Å². The van der Waals surface area contributed by atoms with Gasteiger partial charge in [0.05, 0.1) is 11.6 Å². The van der Waals surface area contributed by atoms with Crippen LogP contribution in [0.15, 0.2) is 36.4 Å². The standard InChI is InChI=1S/C29H30FN3O5/c1-29(2,3)38-28(36)33-22-8-6-19(12-22)25(33)26(34)32-21(14-31)11-18-5-4-17(13-24(18)30)16-7-9-23-20(10-16)15-37-27(23)35/h4-5,7,9-10,13,19,21-22,25H,6,8,11-12,15H2,1-3H3,(H,32,34)/t19-,21?,22+,25-/m0/s1. The normalized spacial score (nSPS) is 22.4. The molecule has 2 amide bonds. The predicted octanol–water partition coefficient (Wildman–Crippen LogP) is 4.50. The number of carbonyl (C=O) groups excluding carboxylic acids is 3. The molecule has 0 aromatic heterocycles. The summed E-state index contributed by atoms with van der Waals surface area (Å²) in [7, 11) is 0. The van der Waals surface area contributed by atoms with E-state index in [9.17, 15) is 19.6 Å². The Hall–Kier alpha value is -3.93. The lowest BCUT2D eigenvalue weighted by molar-refractivity contribution is -0.128. The smallest absolute Gasteiger partial charge is 0.411 e. The summed E-state index contributed by atoms with van der Waals surface area (Å²) < 4.78 is 25.7. The Kier molecular flexibility index (Phi) is 6.59. The van der Waals surface area contributed by atoms with Gasteiger partial charge in [-0.05, 0) is 80.8 Å². The molecule has 1 unspecified atom stereocenters. The molecule has 38 heavy (non-hydrogen) atoms. The molecule has 3 aliphatic rings. The van der Waals surface area contributed by atoms with Crippen molar-refractivity contribution in [1.82, 2.24) is 10.2 Å². The summed E-state index contributed by atoms with van der Waals surface area (Å²) in [5.74, 6) is -1.27. The summed E-state index contributed by atoms with van der Waals surface area (Å²) in [6.07, 6.45) is 1.84. The lowest BCUT2D eigenvalue weighted by Crippen LogP contribution is -2.55. The van der Waals surface area contributed by atoms with Crippen molar-refractivity contribution in [3.05, 3.63) is 58.9 Å². The molecular formula is C29H30FN3O5. The van der Waals surface area contributed by atoms with Gasteiger partial charge in [-0.2, -0.15) is 5.26 Å². The molecule has 2 bridgehead atoms. The molecular weight excluding hydrogens is 489 g/mol. The molecule has 2 aromatic carbocycles. The van der Waals surface area contributed by atoms with E-state index in [0.717, 1.165) is 30.4 Å². The van der Waals surface area contributed by atoms with E-state index in [1.54, 1.807) is 51.1 Å². The van der Waals surface area contributed by atoms with Gasteiger partial charge in [-0.15, -0.1) is 0 Å². The second-order valence-corrected chi connectivity index (χ2v) is 11.2. The van der Waals surface area contributed by atoms with Gasteiger partial charge in [0, 0.05) is 18.0 Å². The molecule has 0 radical (unpaired) electrons. The highest BCUT2D eigenvalue weighted by molar-refractivity contribution is 5.94.